The van der Waals surface area contributed by atoms with Crippen LogP contribution in [0.25, 0.3) is 0 Å². The van der Waals surface area contributed by atoms with E-state index in [1.165, 1.54) is 12.0 Å². The third kappa shape index (κ3) is 5.24. The summed E-state index contributed by atoms with van der Waals surface area (Å²) >= 11 is 0. The van der Waals surface area contributed by atoms with Crippen LogP contribution in [-0.4, -0.2) is 55.2 Å². The molecule has 1 fully saturated rings. The van der Waals surface area contributed by atoms with Crippen LogP contribution in [0, 0.1) is 0 Å². The van der Waals surface area contributed by atoms with Crippen molar-refractivity contribution in [3.05, 3.63) is 0 Å². The number of esters is 2. The molecular formula is C14H24FNO5. The Labute approximate surface area is 124 Å². The topological polar surface area (TPSA) is 65.1 Å². The van der Waals surface area contributed by atoms with Crippen molar-refractivity contribution in [2.75, 3.05) is 26.8 Å². The molecule has 0 N–H and O–H groups in total. The first kappa shape index (κ1) is 17.8. The van der Waals surface area contributed by atoms with Gasteiger partial charge in [-0.25, -0.2) is 9.69 Å². The van der Waals surface area contributed by atoms with E-state index >= 15 is 4.39 Å². The number of likely N-dealkylation sites (tertiary alicyclic amines) is 1. The van der Waals surface area contributed by atoms with E-state index in [1.807, 2.05) is 0 Å². The van der Waals surface area contributed by atoms with Crippen LogP contribution in [0.1, 0.15) is 40.0 Å². The SMILES string of the molecule is COC(=O)CCOC(F)(C(=O)OC(C)(C)C)N1CCCC1. The Bertz CT molecular complexity index is 376. The summed E-state index contributed by atoms with van der Waals surface area (Å²) in [5.41, 5.74) is -0.820. The van der Waals surface area contributed by atoms with E-state index in [9.17, 15) is 9.59 Å². The summed E-state index contributed by atoms with van der Waals surface area (Å²) in [7, 11) is 1.24. The number of methoxy groups -OCH3 is 1. The molecule has 0 bridgehead atoms. The fourth-order valence-corrected chi connectivity index (χ4v) is 2.00. The standard InChI is InChI=1S/C14H24FNO5/c1-13(2,3)21-12(18)14(15,16-8-5-6-9-16)20-10-7-11(17)19-4/h5-10H2,1-4H3. The molecule has 1 atom stereocenters. The Kier molecular flexibility index (Phi) is 6.10. The first-order valence-electron chi connectivity index (χ1n) is 7.07. The zero-order chi connectivity index (χ0) is 16.1. The fraction of sp³-hybridized carbons (Fsp3) is 0.857. The monoisotopic (exact) mass is 305 g/mol. The number of nitrogens with zero attached hydrogens (tertiary/aromatic N) is 1. The molecular weight excluding hydrogens is 281 g/mol. The van der Waals surface area contributed by atoms with Gasteiger partial charge in [-0.15, -0.1) is 0 Å². The molecule has 0 saturated carbocycles. The van der Waals surface area contributed by atoms with Crippen LogP contribution in [0.2, 0.25) is 0 Å². The van der Waals surface area contributed by atoms with E-state index in [0.29, 0.717) is 13.1 Å². The maximum atomic E-state index is 15.1. The molecule has 0 radical (unpaired) electrons. The second-order valence-corrected chi connectivity index (χ2v) is 5.93. The number of rotatable bonds is 6. The van der Waals surface area contributed by atoms with Crippen molar-refractivity contribution in [1.82, 2.24) is 4.90 Å². The highest BCUT2D eigenvalue weighted by Gasteiger charge is 2.50. The van der Waals surface area contributed by atoms with Crippen molar-refractivity contribution in [3.8, 4) is 0 Å². The second kappa shape index (κ2) is 7.17. The van der Waals surface area contributed by atoms with Gasteiger partial charge in [0.15, 0.2) is 0 Å². The van der Waals surface area contributed by atoms with Gasteiger partial charge in [-0.3, -0.25) is 4.79 Å². The Morgan fingerprint density at radius 3 is 2.24 bits per heavy atom. The highest BCUT2D eigenvalue weighted by Crippen LogP contribution is 2.28. The Morgan fingerprint density at radius 1 is 1.19 bits per heavy atom. The summed E-state index contributed by atoms with van der Waals surface area (Å²) in [4.78, 5) is 24.5. The molecule has 0 aromatic heterocycles. The van der Waals surface area contributed by atoms with E-state index < -0.39 is 23.5 Å². The fourth-order valence-electron chi connectivity index (χ4n) is 2.00. The van der Waals surface area contributed by atoms with Crippen LogP contribution < -0.4 is 0 Å². The lowest BCUT2D eigenvalue weighted by molar-refractivity contribution is -0.257. The lowest BCUT2D eigenvalue weighted by atomic mass is 10.2. The van der Waals surface area contributed by atoms with Crippen LogP contribution in [-0.2, 0) is 23.8 Å². The van der Waals surface area contributed by atoms with Gasteiger partial charge in [-0.1, -0.05) is 0 Å². The molecule has 0 amide bonds. The average molecular weight is 305 g/mol. The second-order valence-electron chi connectivity index (χ2n) is 5.93. The number of ether oxygens (including phenoxy) is 3. The van der Waals surface area contributed by atoms with Gasteiger partial charge in [0.2, 0.25) is 0 Å². The predicted octanol–water partition coefficient (Wildman–Crippen LogP) is 1.63. The van der Waals surface area contributed by atoms with E-state index in [4.69, 9.17) is 9.47 Å². The van der Waals surface area contributed by atoms with Crippen molar-refractivity contribution >= 4 is 11.9 Å². The van der Waals surface area contributed by atoms with Gasteiger partial charge in [-0.2, -0.15) is 4.39 Å². The quantitative estimate of drug-likeness (QED) is 0.549. The largest absolute Gasteiger partial charge is 0.469 e. The zero-order valence-electron chi connectivity index (χ0n) is 13.1. The normalized spacial score (nSPS) is 19.1. The van der Waals surface area contributed by atoms with E-state index in [2.05, 4.69) is 4.74 Å². The first-order valence-corrected chi connectivity index (χ1v) is 7.07. The van der Waals surface area contributed by atoms with Gasteiger partial charge in [0.25, 0.3) is 0 Å². The van der Waals surface area contributed by atoms with Crippen molar-refractivity contribution in [1.29, 1.82) is 0 Å². The van der Waals surface area contributed by atoms with Crippen LogP contribution in [0.4, 0.5) is 4.39 Å². The van der Waals surface area contributed by atoms with Crippen LogP contribution >= 0.6 is 0 Å². The van der Waals surface area contributed by atoms with Gasteiger partial charge in [-0.05, 0) is 33.6 Å². The van der Waals surface area contributed by atoms with Gasteiger partial charge in [0.05, 0.1) is 20.1 Å². The molecule has 0 aromatic rings. The minimum atomic E-state index is -2.65. The summed E-state index contributed by atoms with van der Waals surface area (Å²) in [6.07, 6.45) is 1.45. The molecule has 1 aliphatic rings. The number of carbonyl (C=O) groups is 2. The molecule has 7 heteroatoms. The molecule has 0 aliphatic carbocycles. The van der Waals surface area contributed by atoms with E-state index in [0.717, 1.165) is 12.8 Å². The first-order chi connectivity index (χ1) is 9.69. The molecule has 0 spiro atoms. The Balaban J connectivity index is 2.74. The Hall–Kier alpha value is -1.21. The molecule has 122 valence electrons. The number of hydrogen-bond acceptors (Lipinski definition) is 6. The lowest BCUT2D eigenvalue weighted by Gasteiger charge is -2.34. The molecule has 1 aliphatic heterocycles. The van der Waals surface area contributed by atoms with Crippen LogP contribution in [0.15, 0.2) is 0 Å². The third-order valence-corrected chi connectivity index (χ3v) is 2.99. The summed E-state index contributed by atoms with van der Waals surface area (Å²) in [5.74, 6) is -4.26. The highest BCUT2D eigenvalue weighted by molar-refractivity contribution is 5.77. The smallest absolute Gasteiger partial charge is 0.389 e. The summed E-state index contributed by atoms with van der Waals surface area (Å²) in [6.45, 7) is 5.54. The minimum Gasteiger partial charge on any atom is -0.469 e. The molecule has 6 nitrogen and oxygen atoms in total. The zero-order valence-corrected chi connectivity index (χ0v) is 13.1. The van der Waals surface area contributed by atoms with Crippen molar-refractivity contribution in [2.24, 2.45) is 0 Å². The number of hydrogen-bond donors (Lipinski definition) is 0. The summed E-state index contributed by atoms with van der Waals surface area (Å²) in [6, 6.07) is 0. The maximum absolute atomic E-state index is 15.1. The van der Waals surface area contributed by atoms with Gasteiger partial charge in [0.1, 0.15) is 5.60 Å². The van der Waals surface area contributed by atoms with E-state index in [1.54, 1.807) is 20.8 Å². The molecule has 1 saturated heterocycles. The molecule has 1 heterocycles. The lowest BCUT2D eigenvalue weighted by Crippen LogP contribution is -2.54. The van der Waals surface area contributed by atoms with Gasteiger partial charge < -0.3 is 14.2 Å². The molecule has 0 aromatic carbocycles. The van der Waals surface area contributed by atoms with Crippen LogP contribution in [0.5, 0.6) is 0 Å². The molecule has 1 rings (SSSR count). The number of alkyl halides is 1. The number of carbonyl (C=O) groups excluding carboxylic acids is 2. The predicted molar refractivity (Wildman–Crippen MR) is 73.1 cm³/mol. The van der Waals surface area contributed by atoms with Crippen molar-refractivity contribution in [3.63, 3.8) is 0 Å². The minimum absolute atomic E-state index is 0.126. The average Bonchev–Trinajstić information content (AvgIpc) is 2.90. The molecule has 1 unspecified atom stereocenters. The van der Waals surface area contributed by atoms with Crippen molar-refractivity contribution < 1.29 is 28.2 Å². The highest BCUT2D eigenvalue weighted by atomic mass is 19.2. The van der Waals surface area contributed by atoms with Crippen LogP contribution in [0.3, 0.4) is 0 Å². The number of halogens is 1. The van der Waals surface area contributed by atoms with E-state index in [-0.39, 0.29) is 13.0 Å². The molecule has 21 heavy (non-hydrogen) atoms. The summed E-state index contributed by atoms with van der Waals surface area (Å²) in [5, 5.41) is 0. The third-order valence-electron chi connectivity index (χ3n) is 2.99. The van der Waals surface area contributed by atoms with Crippen molar-refractivity contribution in [2.45, 2.75) is 51.6 Å². The van der Waals surface area contributed by atoms with Gasteiger partial charge >= 0.3 is 17.9 Å². The Morgan fingerprint density at radius 2 is 1.76 bits per heavy atom. The summed E-state index contributed by atoms with van der Waals surface area (Å²) < 4.78 is 29.7. The van der Waals surface area contributed by atoms with Gasteiger partial charge in [0, 0.05) is 13.1 Å². The maximum Gasteiger partial charge on any atom is 0.389 e.